The Kier molecular flexibility index (Phi) is 4.44. The van der Waals surface area contributed by atoms with Crippen LogP contribution in [0.3, 0.4) is 0 Å². The molecule has 0 fully saturated rings. The Bertz CT molecular complexity index is 564. The van der Waals surface area contributed by atoms with Crippen molar-refractivity contribution in [1.29, 1.82) is 0 Å². The fourth-order valence-corrected chi connectivity index (χ4v) is 3.16. The van der Waals surface area contributed by atoms with Gasteiger partial charge in [-0.1, -0.05) is 45.9 Å². The third kappa shape index (κ3) is 3.80. The number of hydrogen-bond donors (Lipinski definition) is 1. The molecule has 0 aliphatic rings. The Hall–Kier alpha value is -1.41. The summed E-state index contributed by atoms with van der Waals surface area (Å²) < 4.78 is 0. The van der Waals surface area contributed by atoms with Gasteiger partial charge in [0.05, 0.1) is 0 Å². The average molecular weight is 270 g/mol. The highest BCUT2D eigenvalue weighted by molar-refractivity contribution is 5.85. The molecule has 0 radical (unpaired) electrons. The molecule has 0 spiro atoms. The van der Waals surface area contributed by atoms with E-state index in [0.717, 1.165) is 6.42 Å². The smallest absolute Gasteiger partial charge is 0.0346 e. The number of pyridine rings is 1. The maximum absolute atomic E-state index is 6.46. The second kappa shape index (κ2) is 5.92. The van der Waals surface area contributed by atoms with Crippen LogP contribution in [0, 0.1) is 11.3 Å². The van der Waals surface area contributed by atoms with Crippen molar-refractivity contribution in [2.45, 2.75) is 46.6 Å². The van der Waals surface area contributed by atoms with Gasteiger partial charge in [0.2, 0.25) is 0 Å². The highest BCUT2D eigenvalue weighted by atomic mass is 14.6. The van der Waals surface area contributed by atoms with Crippen LogP contribution < -0.4 is 5.73 Å². The van der Waals surface area contributed by atoms with E-state index < -0.39 is 0 Å². The third-order valence-electron chi connectivity index (χ3n) is 3.73. The van der Waals surface area contributed by atoms with Crippen molar-refractivity contribution in [2.75, 3.05) is 0 Å². The topological polar surface area (TPSA) is 38.9 Å². The first-order chi connectivity index (χ1) is 9.37. The molecule has 0 saturated carbocycles. The minimum Gasteiger partial charge on any atom is -0.324 e. The zero-order valence-electron chi connectivity index (χ0n) is 13.1. The lowest BCUT2D eigenvalue weighted by Crippen LogP contribution is -2.18. The Morgan fingerprint density at radius 2 is 1.95 bits per heavy atom. The number of aromatic nitrogens is 1. The van der Waals surface area contributed by atoms with E-state index in [1.165, 1.54) is 22.8 Å². The van der Waals surface area contributed by atoms with Gasteiger partial charge in [-0.2, -0.15) is 0 Å². The number of benzene rings is 1. The second-order valence-corrected chi connectivity index (χ2v) is 7.16. The summed E-state index contributed by atoms with van der Waals surface area (Å²) in [6, 6.07) is 8.49. The largest absolute Gasteiger partial charge is 0.324 e. The van der Waals surface area contributed by atoms with Gasteiger partial charge in [-0.25, -0.2) is 0 Å². The molecular weight excluding hydrogens is 244 g/mol. The summed E-state index contributed by atoms with van der Waals surface area (Å²) in [5.74, 6) is 0.627. The molecule has 0 aliphatic heterocycles. The van der Waals surface area contributed by atoms with Crippen LogP contribution in [0.2, 0.25) is 0 Å². The molecule has 2 rings (SSSR count). The van der Waals surface area contributed by atoms with Gasteiger partial charge in [0, 0.05) is 23.8 Å². The van der Waals surface area contributed by atoms with Crippen LogP contribution in [0.5, 0.6) is 0 Å². The number of nitrogens with zero attached hydrogens (tertiary/aromatic N) is 1. The molecule has 2 N–H and O–H groups in total. The molecule has 20 heavy (non-hydrogen) atoms. The maximum Gasteiger partial charge on any atom is 0.0346 e. The summed E-state index contributed by atoms with van der Waals surface area (Å²) >= 11 is 0. The second-order valence-electron chi connectivity index (χ2n) is 7.16. The molecule has 2 unspecified atom stereocenters. The molecule has 2 atom stereocenters. The van der Waals surface area contributed by atoms with Crippen LogP contribution in [-0.4, -0.2) is 4.98 Å². The first-order valence-electron chi connectivity index (χ1n) is 7.45. The molecule has 108 valence electrons. The van der Waals surface area contributed by atoms with Crippen molar-refractivity contribution in [3.63, 3.8) is 0 Å². The summed E-state index contributed by atoms with van der Waals surface area (Å²) in [7, 11) is 0. The third-order valence-corrected chi connectivity index (χ3v) is 3.73. The molecule has 2 aromatic rings. The molecule has 0 bridgehead atoms. The minimum atomic E-state index is 0.0958. The molecule has 2 heteroatoms. The van der Waals surface area contributed by atoms with Gasteiger partial charge in [0.25, 0.3) is 0 Å². The fraction of sp³-hybridized carbons (Fsp3) is 0.500. The van der Waals surface area contributed by atoms with Crippen LogP contribution in [0.15, 0.2) is 36.7 Å². The quantitative estimate of drug-likeness (QED) is 0.874. The van der Waals surface area contributed by atoms with Crippen molar-refractivity contribution in [3.05, 3.63) is 42.2 Å². The van der Waals surface area contributed by atoms with E-state index in [1.807, 2.05) is 12.4 Å². The number of nitrogens with two attached hydrogens (primary N) is 1. The summed E-state index contributed by atoms with van der Waals surface area (Å²) in [6.45, 7) is 9.17. The molecule has 0 amide bonds. The predicted molar refractivity (Wildman–Crippen MR) is 86.5 cm³/mol. The highest BCUT2D eigenvalue weighted by Crippen LogP contribution is 2.31. The maximum atomic E-state index is 6.46. The van der Waals surface area contributed by atoms with Gasteiger partial charge in [0.1, 0.15) is 0 Å². The molecular formula is C18H26N2. The van der Waals surface area contributed by atoms with Crippen molar-refractivity contribution >= 4 is 10.8 Å². The lowest BCUT2D eigenvalue weighted by atomic mass is 9.82. The molecule has 0 saturated heterocycles. The Morgan fingerprint density at radius 1 is 1.20 bits per heavy atom. The SMILES string of the molecule is CC(CC(N)c1cccc2cnccc12)CC(C)(C)C. The van der Waals surface area contributed by atoms with Gasteiger partial charge in [0.15, 0.2) is 0 Å². The van der Waals surface area contributed by atoms with Crippen molar-refractivity contribution in [3.8, 4) is 0 Å². The van der Waals surface area contributed by atoms with Gasteiger partial charge in [-0.3, -0.25) is 4.98 Å². The van der Waals surface area contributed by atoms with Crippen LogP contribution in [-0.2, 0) is 0 Å². The molecule has 1 heterocycles. The highest BCUT2D eigenvalue weighted by Gasteiger charge is 2.19. The summed E-state index contributed by atoms with van der Waals surface area (Å²) in [5.41, 5.74) is 8.06. The van der Waals surface area contributed by atoms with E-state index in [9.17, 15) is 0 Å². The summed E-state index contributed by atoms with van der Waals surface area (Å²) in [5, 5.41) is 2.40. The van der Waals surface area contributed by atoms with Gasteiger partial charge >= 0.3 is 0 Å². The zero-order valence-corrected chi connectivity index (χ0v) is 13.1. The van der Waals surface area contributed by atoms with E-state index in [-0.39, 0.29) is 6.04 Å². The van der Waals surface area contributed by atoms with E-state index in [1.54, 1.807) is 0 Å². The molecule has 2 nitrogen and oxygen atoms in total. The van der Waals surface area contributed by atoms with Crippen molar-refractivity contribution in [1.82, 2.24) is 4.98 Å². The van der Waals surface area contributed by atoms with Crippen molar-refractivity contribution in [2.24, 2.45) is 17.1 Å². The Balaban J connectivity index is 2.17. The average Bonchev–Trinajstić information content (AvgIpc) is 2.35. The summed E-state index contributed by atoms with van der Waals surface area (Å²) in [6.07, 6.45) is 5.98. The van der Waals surface area contributed by atoms with E-state index in [0.29, 0.717) is 11.3 Å². The monoisotopic (exact) mass is 270 g/mol. The fourth-order valence-electron chi connectivity index (χ4n) is 3.16. The van der Waals surface area contributed by atoms with Crippen LogP contribution in [0.4, 0.5) is 0 Å². The molecule has 1 aromatic carbocycles. The zero-order chi connectivity index (χ0) is 14.8. The van der Waals surface area contributed by atoms with E-state index in [4.69, 9.17) is 5.73 Å². The van der Waals surface area contributed by atoms with Gasteiger partial charge in [-0.15, -0.1) is 0 Å². The van der Waals surface area contributed by atoms with Crippen LogP contribution >= 0.6 is 0 Å². The van der Waals surface area contributed by atoms with E-state index in [2.05, 4.69) is 56.9 Å². The first-order valence-corrected chi connectivity index (χ1v) is 7.45. The molecule has 0 aliphatic carbocycles. The summed E-state index contributed by atoms with van der Waals surface area (Å²) in [4.78, 5) is 4.18. The lowest BCUT2D eigenvalue weighted by Gasteiger charge is -2.25. The van der Waals surface area contributed by atoms with Crippen LogP contribution in [0.25, 0.3) is 10.8 Å². The van der Waals surface area contributed by atoms with Crippen molar-refractivity contribution < 1.29 is 0 Å². The lowest BCUT2D eigenvalue weighted by molar-refractivity contribution is 0.286. The normalized spacial score (nSPS) is 15.2. The Labute approximate surface area is 122 Å². The first kappa shape index (κ1) is 15.0. The number of fused-ring (bicyclic) bond motifs is 1. The predicted octanol–water partition coefficient (Wildman–Crippen LogP) is 4.70. The minimum absolute atomic E-state index is 0.0958. The van der Waals surface area contributed by atoms with E-state index >= 15 is 0 Å². The number of rotatable bonds is 4. The standard InChI is InChI=1S/C18H26N2/c1-13(11-18(2,3)4)10-17(19)16-7-5-6-14-12-20-9-8-15(14)16/h5-9,12-13,17H,10-11,19H2,1-4H3. The van der Waals surface area contributed by atoms with Crippen LogP contribution in [0.1, 0.15) is 52.1 Å². The van der Waals surface area contributed by atoms with Gasteiger partial charge in [-0.05, 0) is 41.2 Å². The van der Waals surface area contributed by atoms with Gasteiger partial charge < -0.3 is 5.73 Å². The molecule has 1 aromatic heterocycles. The Morgan fingerprint density at radius 3 is 2.65 bits per heavy atom. The number of hydrogen-bond acceptors (Lipinski definition) is 2.